The quantitative estimate of drug-likeness (QED) is 0.575. The summed E-state index contributed by atoms with van der Waals surface area (Å²) in [6, 6.07) is 0. The van der Waals surface area contributed by atoms with E-state index in [1.807, 2.05) is 0 Å². The highest BCUT2D eigenvalue weighted by molar-refractivity contribution is 7.91. The maximum Gasteiger partial charge on any atom is 0.407 e. The zero-order valence-electron chi connectivity index (χ0n) is 17.6. The highest BCUT2D eigenvalue weighted by Crippen LogP contribution is 2.33. The Hall–Kier alpha value is -2.17. The molecule has 30 heavy (non-hydrogen) atoms. The number of ether oxygens (including phenoxy) is 2. The molecule has 0 spiro atoms. The van der Waals surface area contributed by atoms with Crippen LogP contribution in [0.25, 0.3) is 0 Å². The topological polar surface area (TPSA) is 136 Å². The number of nitrogens with one attached hydrogen (secondary N) is 1. The highest BCUT2D eigenvalue weighted by atomic mass is 32.2. The van der Waals surface area contributed by atoms with E-state index in [2.05, 4.69) is 10.1 Å². The first kappa shape index (κ1) is 24.1. The van der Waals surface area contributed by atoms with Gasteiger partial charge in [0.15, 0.2) is 5.78 Å². The third-order valence-corrected chi connectivity index (χ3v) is 7.92. The van der Waals surface area contributed by atoms with Crippen LogP contribution in [0.3, 0.4) is 0 Å². The van der Waals surface area contributed by atoms with E-state index in [-0.39, 0.29) is 74.3 Å². The van der Waals surface area contributed by atoms with Gasteiger partial charge in [-0.15, -0.1) is 0 Å². The molecule has 10 nitrogen and oxygen atoms in total. The molecule has 0 saturated carbocycles. The molecule has 2 fully saturated rings. The smallest absolute Gasteiger partial charge is 0.407 e. The zero-order chi connectivity index (χ0) is 22.5. The lowest BCUT2D eigenvalue weighted by atomic mass is 9.76. The lowest BCUT2D eigenvalue weighted by Gasteiger charge is -2.41. The number of hydrogen-bond acceptors (Lipinski definition) is 8. The number of esters is 1. The first-order valence-corrected chi connectivity index (χ1v) is 11.8. The normalized spacial score (nSPS) is 21.9. The Morgan fingerprint density at radius 1 is 1.07 bits per heavy atom. The molecule has 1 N–H and O–H groups in total. The molecule has 0 aliphatic carbocycles. The third-order valence-electron chi connectivity index (χ3n) is 6.20. The van der Waals surface area contributed by atoms with Crippen LogP contribution >= 0.6 is 0 Å². The zero-order valence-corrected chi connectivity index (χ0v) is 18.5. The SMILES string of the molecule is COC(=O)NC1(C(=O)CC(C(=O)OC)C2CCS(=O)(=O)CC2)CCN(C(C)=O)CC1. The number of methoxy groups -OCH3 is 2. The van der Waals surface area contributed by atoms with Crippen LogP contribution in [0, 0.1) is 11.8 Å². The number of alkyl carbamates (subject to hydrolysis) is 1. The van der Waals surface area contributed by atoms with Crippen molar-refractivity contribution in [1.29, 1.82) is 0 Å². The van der Waals surface area contributed by atoms with E-state index in [9.17, 15) is 27.6 Å². The molecule has 2 rings (SSSR count). The van der Waals surface area contributed by atoms with Crippen molar-refractivity contribution in [2.75, 3.05) is 38.8 Å². The number of nitrogens with zero attached hydrogens (tertiary/aromatic N) is 1. The maximum atomic E-state index is 13.3. The summed E-state index contributed by atoms with van der Waals surface area (Å²) in [6.07, 6.45) is 0.0241. The molecule has 11 heteroatoms. The molecule has 1 atom stereocenters. The van der Waals surface area contributed by atoms with Crippen LogP contribution in [0.5, 0.6) is 0 Å². The number of carbonyl (C=O) groups excluding carboxylic acids is 4. The van der Waals surface area contributed by atoms with Gasteiger partial charge in [0.1, 0.15) is 15.4 Å². The van der Waals surface area contributed by atoms with E-state index in [0.717, 1.165) is 0 Å². The molecular weight excluding hydrogens is 416 g/mol. The number of hydrogen-bond donors (Lipinski definition) is 1. The summed E-state index contributed by atoms with van der Waals surface area (Å²) in [5.74, 6) is -2.18. The van der Waals surface area contributed by atoms with Crippen molar-refractivity contribution in [3.8, 4) is 0 Å². The summed E-state index contributed by atoms with van der Waals surface area (Å²) < 4.78 is 33.0. The number of rotatable bonds is 6. The predicted octanol–water partition coefficient (Wildman–Crippen LogP) is 0.297. The van der Waals surface area contributed by atoms with Gasteiger partial charge in [-0.3, -0.25) is 14.4 Å². The van der Waals surface area contributed by atoms with Crippen LogP contribution in [-0.4, -0.2) is 81.4 Å². The van der Waals surface area contributed by atoms with Crippen molar-refractivity contribution in [1.82, 2.24) is 10.2 Å². The molecule has 0 aromatic carbocycles. The Balaban J connectivity index is 2.21. The monoisotopic (exact) mass is 446 g/mol. The second kappa shape index (κ2) is 9.76. The van der Waals surface area contributed by atoms with Gasteiger partial charge in [0.05, 0.1) is 31.6 Å². The van der Waals surface area contributed by atoms with E-state index in [0.29, 0.717) is 0 Å². The molecule has 2 heterocycles. The Kier molecular flexibility index (Phi) is 7.84. The Morgan fingerprint density at radius 2 is 1.63 bits per heavy atom. The van der Waals surface area contributed by atoms with Crippen molar-refractivity contribution in [2.45, 2.75) is 44.6 Å². The number of carbonyl (C=O) groups is 4. The van der Waals surface area contributed by atoms with Gasteiger partial charge in [0, 0.05) is 26.4 Å². The van der Waals surface area contributed by atoms with Crippen molar-refractivity contribution < 1.29 is 37.1 Å². The minimum Gasteiger partial charge on any atom is -0.469 e. The van der Waals surface area contributed by atoms with Gasteiger partial charge in [-0.05, 0) is 31.6 Å². The molecular formula is C19H30N2O8S. The number of Topliss-reactive ketones (excluding diaryl/α,β-unsaturated/α-hetero) is 1. The Morgan fingerprint density at radius 3 is 2.10 bits per heavy atom. The summed E-state index contributed by atoms with van der Waals surface area (Å²) in [6.45, 7) is 2.01. The average molecular weight is 447 g/mol. The van der Waals surface area contributed by atoms with Gasteiger partial charge in [-0.25, -0.2) is 13.2 Å². The van der Waals surface area contributed by atoms with Gasteiger partial charge >= 0.3 is 12.1 Å². The Labute approximate surface area is 176 Å². The fourth-order valence-electron chi connectivity index (χ4n) is 4.22. The Bertz CT molecular complexity index is 772. The average Bonchev–Trinajstić information content (AvgIpc) is 2.71. The number of likely N-dealkylation sites (tertiary alicyclic amines) is 1. The van der Waals surface area contributed by atoms with Gasteiger partial charge in [0.25, 0.3) is 0 Å². The fraction of sp³-hybridized carbons (Fsp3) is 0.789. The highest BCUT2D eigenvalue weighted by Gasteiger charge is 2.46. The van der Waals surface area contributed by atoms with Crippen LogP contribution in [0.4, 0.5) is 4.79 Å². The van der Waals surface area contributed by atoms with E-state index in [1.165, 1.54) is 21.1 Å². The molecule has 0 aromatic rings. The summed E-state index contributed by atoms with van der Waals surface area (Å²) >= 11 is 0. The predicted molar refractivity (Wildman–Crippen MR) is 106 cm³/mol. The van der Waals surface area contributed by atoms with Gasteiger partial charge in [0.2, 0.25) is 5.91 Å². The second-order valence-electron chi connectivity index (χ2n) is 7.95. The van der Waals surface area contributed by atoms with Crippen molar-refractivity contribution >= 4 is 33.6 Å². The summed E-state index contributed by atoms with van der Waals surface area (Å²) in [4.78, 5) is 50.9. The van der Waals surface area contributed by atoms with E-state index < -0.39 is 33.4 Å². The molecule has 0 aromatic heterocycles. The molecule has 2 aliphatic heterocycles. The minimum absolute atomic E-state index is 0.0293. The summed E-state index contributed by atoms with van der Waals surface area (Å²) in [5, 5.41) is 2.62. The molecule has 170 valence electrons. The van der Waals surface area contributed by atoms with Crippen molar-refractivity contribution in [3.05, 3.63) is 0 Å². The summed E-state index contributed by atoms with van der Waals surface area (Å²) in [5.41, 5.74) is -1.26. The third kappa shape index (κ3) is 5.71. The van der Waals surface area contributed by atoms with Gasteiger partial charge < -0.3 is 19.7 Å². The molecule has 2 aliphatic rings. The number of amides is 2. The summed E-state index contributed by atoms with van der Waals surface area (Å²) in [7, 11) is -0.702. The van der Waals surface area contributed by atoms with Crippen LogP contribution in [-0.2, 0) is 33.7 Å². The number of sulfone groups is 1. The standard InChI is InChI=1S/C19H30N2O8S/c1-13(22)21-8-6-19(7-9-21,20-18(25)29-3)16(23)12-15(17(24)28-2)14-4-10-30(26,27)11-5-14/h14-15H,4-12H2,1-3H3,(H,20,25). The lowest BCUT2D eigenvalue weighted by molar-refractivity contribution is -0.150. The molecule has 2 saturated heterocycles. The van der Waals surface area contributed by atoms with E-state index in [1.54, 1.807) is 4.90 Å². The largest absolute Gasteiger partial charge is 0.469 e. The molecule has 1 unspecified atom stereocenters. The van der Waals surface area contributed by atoms with Crippen LogP contribution in [0.15, 0.2) is 0 Å². The first-order valence-electron chi connectivity index (χ1n) is 9.97. The molecule has 2 amide bonds. The molecule has 0 bridgehead atoms. The van der Waals surface area contributed by atoms with Gasteiger partial charge in [-0.2, -0.15) is 0 Å². The minimum atomic E-state index is -3.12. The van der Waals surface area contributed by atoms with Crippen LogP contribution < -0.4 is 5.32 Å². The van der Waals surface area contributed by atoms with Crippen LogP contribution in [0.2, 0.25) is 0 Å². The van der Waals surface area contributed by atoms with Gasteiger partial charge in [-0.1, -0.05) is 0 Å². The van der Waals surface area contributed by atoms with E-state index >= 15 is 0 Å². The van der Waals surface area contributed by atoms with Crippen molar-refractivity contribution in [3.63, 3.8) is 0 Å². The van der Waals surface area contributed by atoms with Crippen LogP contribution in [0.1, 0.15) is 39.0 Å². The van der Waals surface area contributed by atoms with Crippen molar-refractivity contribution in [2.24, 2.45) is 11.8 Å². The second-order valence-corrected chi connectivity index (χ2v) is 10.3. The maximum absolute atomic E-state index is 13.3. The molecule has 0 radical (unpaired) electrons. The first-order chi connectivity index (χ1) is 14.0. The number of ketones is 1. The lowest BCUT2D eigenvalue weighted by Crippen LogP contribution is -2.61. The number of piperidine rings is 1. The van der Waals surface area contributed by atoms with E-state index in [4.69, 9.17) is 4.74 Å². The fourth-order valence-corrected chi connectivity index (χ4v) is 5.75.